The van der Waals surface area contributed by atoms with Crippen molar-refractivity contribution in [2.24, 2.45) is 11.0 Å². The zero-order chi connectivity index (χ0) is 11.8. The van der Waals surface area contributed by atoms with Crippen molar-refractivity contribution in [1.82, 2.24) is 5.01 Å². The molecule has 0 spiro atoms. The molecule has 0 bridgehead atoms. The number of carbonyl (C=O) groups excluding carboxylic acids is 1. The van der Waals surface area contributed by atoms with Crippen LogP contribution >= 0.6 is 11.8 Å². The van der Waals surface area contributed by atoms with E-state index < -0.39 is 0 Å². The van der Waals surface area contributed by atoms with E-state index in [1.165, 1.54) is 5.56 Å². The molecule has 17 heavy (non-hydrogen) atoms. The van der Waals surface area contributed by atoms with Crippen LogP contribution in [0.1, 0.15) is 11.1 Å². The van der Waals surface area contributed by atoms with Gasteiger partial charge in [-0.2, -0.15) is 16.9 Å². The Balaban J connectivity index is 1.79. The molecule has 2 heterocycles. The Morgan fingerprint density at radius 3 is 3.18 bits per heavy atom. The van der Waals surface area contributed by atoms with Crippen LogP contribution < -0.4 is 0 Å². The first-order chi connectivity index (χ1) is 8.24. The molecule has 1 unspecified atom stereocenters. The lowest BCUT2D eigenvalue weighted by Gasteiger charge is -2.13. The van der Waals surface area contributed by atoms with E-state index in [1.54, 1.807) is 16.8 Å². The monoisotopic (exact) mass is 246 g/mol. The van der Waals surface area contributed by atoms with Crippen molar-refractivity contribution in [1.29, 1.82) is 0 Å². The van der Waals surface area contributed by atoms with E-state index in [9.17, 15) is 4.79 Å². The van der Waals surface area contributed by atoms with Gasteiger partial charge in [0.05, 0.1) is 18.2 Å². The average molecular weight is 246 g/mol. The largest absolute Gasteiger partial charge is 0.272 e. The molecule has 4 heteroatoms. The zero-order valence-electron chi connectivity index (χ0n) is 9.72. The number of hydrogen-bond acceptors (Lipinski definition) is 3. The second kappa shape index (κ2) is 4.18. The summed E-state index contributed by atoms with van der Waals surface area (Å²) >= 11 is 1.80. The minimum Gasteiger partial charge on any atom is -0.272 e. The fourth-order valence-corrected chi connectivity index (χ4v) is 3.43. The van der Waals surface area contributed by atoms with Gasteiger partial charge in [-0.25, -0.2) is 5.01 Å². The van der Waals surface area contributed by atoms with Gasteiger partial charge in [0.15, 0.2) is 0 Å². The summed E-state index contributed by atoms with van der Waals surface area (Å²) in [6, 6.07) is 8.24. The van der Waals surface area contributed by atoms with Crippen LogP contribution in [0.5, 0.6) is 0 Å². The molecule has 0 radical (unpaired) electrons. The number of amides is 1. The third kappa shape index (κ3) is 1.97. The average Bonchev–Trinajstić information content (AvgIpc) is 2.84. The second-order valence-corrected chi connectivity index (χ2v) is 5.57. The standard InChI is InChI=1S/C13H14N2OS/c1-9-3-2-4-10(5-9)6-15-13(16)11-7-17-8-12(11)14-15/h2-5,11H,6-8H2,1H3. The van der Waals surface area contributed by atoms with Crippen molar-refractivity contribution in [3.63, 3.8) is 0 Å². The van der Waals surface area contributed by atoms with Crippen LogP contribution in [0.15, 0.2) is 29.4 Å². The maximum Gasteiger partial charge on any atom is 0.252 e. The molecule has 1 aromatic rings. The normalized spacial score (nSPS) is 22.9. The van der Waals surface area contributed by atoms with Crippen LogP contribution in [0.4, 0.5) is 0 Å². The first kappa shape index (κ1) is 10.8. The highest BCUT2D eigenvalue weighted by Crippen LogP contribution is 2.29. The number of carbonyl (C=O) groups is 1. The summed E-state index contributed by atoms with van der Waals surface area (Å²) in [7, 11) is 0. The Morgan fingerprint density at radius 2 is 2.41 bits per heavy atom. The molecule has 2 aliphatic heterocycles. The fraction of sp³-hybridized carbons (Fsp3) is 0.385. The quantitative estimate of drug-likeness (QED) is 0.800. The number of aryl methyl sites for hydroxylation is 1. The van der Waals surface area contributed by atoms with E-state index in [2.05, 4.69) is 24.2 Å². The van der Waals surface area contributed by atoms with Crippen LogP contribution in [0, 0.1) is 12.8 Å². The van der Waals surface area contributed by atoms with Crippen molar-refractivity contribution in [2.75, 3.05) is 11.5 Å². The van der Waals surface area contributed by atoms with Gasteiger partial charge in [0.2, 0.25) is 0 Å². The molecular weight excluding hydrogens is 232 g/mol. The molecule has 1 atom stereocenters. The third-order valence-electron chi connectivity index (χ3n) is 3.15. The number of hydrogen-bond donors (Lipinski definition) is 0. The lowest BCUT2D eigenvalue weighted by Crippen LogP contribution is -2.27. The van der Waals surface area contributed by atoms with Gasteiger partial charge in [-0.15, -0.1) is 0 Å². The molecule has 0 aromatic heterocycles. The molecule has 0 saturated carbocycles. The van der Waals surface area contributed by atoms with Gasteiger partial charge in [0.25, 0.3) is 5.91 Å². The first-order valence-corrected chi connectivity index (χ1v) is 6.91. The van der Waals surface area contributed by atoms with E-state index in [-0.39, 0.29) is 11.8 Å². The van der Waals surface area contributed by atoms with Crippen LogP contribution in [0.2, 0.25) is 0 Å². The van der Waals surface area contributed by atoms with Crippen molar-refractivity contribution in [3.05, 3.63) is 35.4 Å². The van der Waals surface area contributed by atoms with Gasteiger partial charge in [-0.1, -0.05) is 29.8 Å². The highest BCUT2D eigenvalue weighted by Gasteiger charge is 2.38. The molecule has 3 rings (SSSR count). The van der Waals surface area contributed by atoms with Crippen molar-refractivity contribution < 1.29 is 4.79 Å². The predicted octanol–water partition coefficient (Wildman–Crippen LogP) is 2.06. The summed E-state index contributed by atoms with van der Waals surface area (Å²) in [4.78, 5) is 12.1. The number of benzene rings is 1. The molecule has 1 saturated heterocycles. The van der Waals surface area contributed by atoms with Crippen LogP contribution in [-0.4, -0.2) is 28.1 Å². The Morgan fingerprint density at radius 1 is 1.53 bits per heavy atom. The number of nitrogens with zero attached hydrogens (tertiary/aromatic N) is 2. The Hall–Kier alpha value is -1.29. The van der Waals surface area contributed by atoms with Gasteiger partial charge in [-0.3, -0.25) is 4.79 Å². The van der Waals surface area contributed by atoms with Crippen molar-refractivity contribution in [3.8, 4) is 0 Å². The minimum absolute atomic E-state index is 0.0600. The minimum atomic E-state index is 0.0600. The zero-order valence-corrected chi connectivity index (χ0v) is 10.5. The number of hydrazone groups is 1. The maximum atomic E-state index is 12.1. The highest BCUT2D eigenvalue weighted by molar-refractivity contribution is 8.00. The first-order valence-electron chi connectivity index (χ1n) is 5.76. The number of rotatable bonds is 2. The number of thioether (sulfide) groups is 1. The molecule has 2 aliphatic rings. The summed E-state index contributed by atoms with van der Waals surface area (Å²) in [6.07, 6.45) is 0. The molecule has 0 N–H and O–H groups in total. The van der Waals surface area contributed by atoms with Crippen molar-refractivity contribution in [2.45, 2.75) is 13.5 Å². The summed E-state index contributed by atoms with van der Waals surface area (Å²) in [5.41, 5.74) is 3.43. The summed E-state index contributed by atoms with van der Waals surface area (Å²) in [5, 5.41) is 6.07. The molecule has 88 valence electrons. The second-order valence-electron chi connectivity index (χ2n) is 4.54. The van der Waals surface area contributed by atoms with Gasteiger partial charge in [0.1, 0.15) is 0 Å². The van der Waals surface area contributed by atoms with E-state index in [0.717, 1.165) is 22.8 Å². The van der Waals surface area contributed by atoms with Crippen LogP contribution in [-0.2, 0) is 11.3 Å². The smallest absolute Gasteiger partial charge is 0.252 e. The van der Waals surface area contributed by atoms with Crippen LogP contribution in [0.25, 0.3) is 0 Å². The van der Waals surface area contributed by atoms with Gasteiger partial charge < -0.3 is 0 Å². The molecular formula is C13H14N2OS. The molecule has 1 aromatic carbocycles. The van der Waals surface area contributed by atoms with Gasteiger partial charge in [-0.05, 0) is 12.5 Å². The Bertz CT molecular complexity index is 498. The fourth-order valence-electron chi connectivity index (χ4n) is 2.27. The van der Waals surface area contributed by atoms with E-state index in [1.807, 2.05) is 12.1 Å². The topological polar surface area (TPSA) is 32.7 Å². The SMILES string of the molecule is Cc1cccc(CN2N=C3CSCC3C2=O)c1. The highest BCUT2D eigenvalue weighted by atomic mass is 32.2. The predicted molar refractivity (Wildman–Crippen MR) is 70.0 cm³/mol. The molecule has 1 amide bonds. The maximum absolute atomic E-state index is 12.1. The van der Waals surface area contributed by atoms with E-state index in [0.29, 0.717) is 6.54 Å². The lowest BCUT2D eigenvalue weighted by atomic mass is 10.1. The molecule has 1 fully saturated rings. The molecule has 3 nitrogen and oxygen atoms in total. The molecule has 0 aliphatic carbocycles. The Kier molecular flexibility index (Phi) is 2.67. The van der Waals surface area contributed by atoms with Gasteiger partial charge in [0, 0.05) is 11.5 Å². The van der Waals surface area contributed by atoms with Crippen LogP contribution in [0.3, 0.4) is 0 Å². The number of fused-ring (bicyclic) bond motifs is 1. The lowest BCUT2D eigenvalue weighted by molar-refractivity contribution is -0.131. The van der Waals surface area contributed by atoms with E-state index >= 15 is 0 Å². The summed E-state index contributed by atoms with van der Waals surface area (Å²) in [5.74, 6) is 2.05. The van der Waals surface area contributed by atoms with Gasteiger partial charge >= 0.3 is 0 Å². The Labute approximate surface area is 105 Å². The van der Waals surface area contributed by atoms with Crippen molar-refractivity contribution >= 4 is 23.4 Å². The third-order valence-corrected chi connectivity index (χ3v) is 4.22. The van der Waals surface area contributed by atoms with E-state index in [4.69, 9.17) is 0 Å². The summed E-state index contributed by atoms with van der Waals surface area (Å²) in [6.45, 7) is 2.66. The summed E-state index contributed by atoms with van der Waals surface area (Å²) < 4.78 is 0.